The molecule has 6 nitrogen and oxygen atoms in total. The molecule has 0 aliphatic heterocycles. The Morgan fingerprint density at radius 2 is 1.94 bits per heavy atom. The van der Waals surface area contributed by atoms with Crippen molar-refractivity contribution in [2.24, 2.45) is 0 Å². The van der Waals surface area contributed by atoms with Crippen LogP contribution in [0.5, 0.6) is 5.75 Å². The van der Waals surface area contributed by atoms with Gasteiger partial charge in [0.2, 0.25) is 5.39 Å². The maximum absolute atomic E-state index is 8.99. The largest absolute Gasteiger partial charge is 0.491 e. The molecule has 1 aromatic carbocycles. The number of nitrogens with one attached hydrogen (secondary N) is 1. The van der Waals surface area contributed by atoms with Crippen molar-refractivity contribution in [3.63, 3.8) is 0 Å². The average Bonchev–Trinajstić information content (AvgIpc) is 2.37. The van der Waals surface area contributed by atoms with Crippen molar-refractivity contribution in [3.8, 4) is 5.75 Å². The quantitative estimate of drug-likeness (QED) is 0.594. The normalized spacial score (nSPS) is 10.3. The molecule has 6 heteroatoms. The molecule has 0 aromatic heterocycles. The molecule has 3 N–H and O–H groups in total. The van der Waals surface area contributed by atoms with Crippen LogP contribution in [0.2, 0.25) is 0 Å². The lowest BCUT2D eigenvalue weighted by atomic mass is 10.2. The van der Waals surface area contributed by atoms with Crippen LogP contribution >= 0.6 is 0 Å². The summed E-state index contributed by atoms with van der Waals surface area (Å²) in [6, 6.07) is 5.01. The molecule has 1 rings (SSSR count). The Morgan fingerprint density at radius 1 is 1.29 bits per heavy atom. The van der Waals surface area contributed by atoms with Crippen LogP contribution in [0.25, 0.3) is 4.98 Å². The third-order valence-electron chi connectivity index (χ3n) is 2.51. The maximum atomic E-state index is 8.99. The molecule has 0 spiro atoms. The smallest absolute Gasteiger partial charge is 0.389 e. The Kier molecular flexibility index (Phi) is 5.36. The summed E-state index contributed by atoms with van der Waals surface area (Å²) in [5.41, 5.74) is 1.22. The maximum Gasteiger partial charge on any atom is 0.389 e. The van der Waals surface area contributed by atoms with E-state index in [1.807, 2.05) is 0 Å². The van der Waals surface area contributed by atoms with Gasteiger partial charge in [0.25, 0.3) is 0 Å². The van der Waals surface area contributed by atoms with E-state index in [1.165, 1.54) is 7.11 Å². The number of hydrogen-bond acceptors (Lipinski definition) is 4. The highest BCUT2D eigenvalue weighted by molar-refractivity contribution is 5.57. The van der Waals surface area contributed by atoms with E-state index in [1.54, 1.807) is 18.2 Å². The molecule has 0 unspecified atom stereocenters. The Morgan fingerprint density at radius 3 is 2.41 bits per heavy atom. The third-order valence-corrected chi connectivity index (χ3v) is 2.51. The average molecular weight is 239 g/mol. The molecular weight excluding hydrogens is 222 g/mol. The minimum Gasteiger partial charge on any atom is -0.491 e. The van der Waals surface area contributed by atoms with Crippen LogP contribution in [0.1, 0.15) is 0 Å². The summed E-state index contributed by atoms with van der Waals surface area (Å²) in [6.07, 6.45) is 0. The van der Waals surface area contributed by atoms with Crippen LogP contribution in [-0.4, -0.2) is 43.6 Å². The van der Waals surface area contributed by atoms with E-state index in [9.17, 15) is 0 Å². The molecule has 1 aromatic rings. The number of benzene rings is 1. The van der Waals surface area contributed by atoms with Gasteiger partial charge in [0, 0.05) is 12.1 Å². The van der Waals surface area contributed by atoms with Crippen molar-refractivity contribution >= 4 is 11.4 Å². The molecule has 0 radical (unpaired) electrons. The number of ether oxygens (including phenoxy) is 1. The molecule has 17 heavy (non-hydrogen) atoms. The zero-order valence-corrected chi connectivity index (χ0v) is 9.76. The lowest BCUT2D eigenvalue weighted by Crippen LogP contribution is -3.08. The SMILES string of the molecule is COc1cc([N+]#N)ccc1[NH+](CCO)CCO. The first-order valence-corrected chi connectivity index (χ1v) is 5.36. The second kappa shape index (κ2) is 6.81. The van der Waals surface area contributed by atoms with E-state index in [0.29, 0.717) is 24.5 Å². The fraction of sp³-hybridized carbons (Fsp3) is 0.455. The first-order chi connectivity index (χ1) is 8.26. The van der Waals surface area contributed by atoms with Gasteiger partial charge in [-0.1, -0.05) is 0 Å². The van der Waals surface area contributed by atoms with Crippen LogP contribution in [0.15, 0.2) is 18.2 Å². The number of quaternary nitrogens is 1. The molecule has 0 heterocycles. The van der Waals surface area contributed by atoms with Crippen molar-refractivity contribution in [1.82, 2.24) is 0 Å². The number of nitrogens with zero attached hydrogens (tertiary/aromatic N) is 2. The fourth-order valence-electron chi connectivity index (χ4n) is 1.70. The molecule has 0 fully saturated rings. The summed E-state index contributed by atoms with van der Waals surface area (Å²) < 4.78 is 5.21. The van der Waals surface area contributed by atoms with Crippen molar-refractivity contribution in [2.45, 2.75) is 0 Å². The Balaban J connectivity index is 3.05. The van der Waals surface area contributed by atoms with E-state index in [-0.39, 0.29) is 13.2 Å². The van der Waals surface area contributed by atoms with Gasteiger partial charge in [-0.15, -0.1) is 0 Å². The monoisotopic (exact) mass is 239 g/mol. The highest BCUT2D eigenvalue weighted by Crippen LogP contribution is 2.26. The first-order valence-electron chi connectivity index (χ1n) is 5.36. The molecule has 0 saturated heterocycles. The molecule has 0 aliphatic carbocycles. The van der Waals surface area contributed by atoms with Gasteiger partial charge >= 0.3 is 5.69 Å². The number of methoxy groups -OCH3 is 1. The molecule has 92 valence electrons. The van der Waals surface area contributed by atoms with E-state index >= 15 is 0 Å². The molecule has 0 saturated carbocycles. The Bertz CT molecular complexity index is 397. The first kappa shape index (κ1) is 13.4. The third kappa shape index (κ3) is 3.39. The predicted molar refractivity (Wildman–Crippen MR) is 62.3 cm³/mol. The molecule has 0 aliphatic rings. The fourth-order valence-corrected chi connectivity index (χ4v) is 1.70. The topological polar surface area (TPSA) is 82.3 Å². The summed E-state index contributed by atoms with van der Waals surface area (Å²) >= 11 is 0. The number of aliphatic hydroxyl groups excluding tert-OH is 2. The highest BCUT2D eigenvalue weighted by Gasteiger charge is 2.20. The second-order valence-electron chi connectivity index (χ2n) is 3.54. The summed E-state index contributed by atoms with van der Waals surface area (Å²) in [4.78, 5) is 4.00. The van der Waals surface area contributed by atoms with Gasteiger partial charge in [0.05, 0.1) is 26.4 Å². The van der Waals surface area contributed by atoms with E-state index in [2.05, 4.69) is 4.98 Å². The van der Waals surface area contributed by atoms with Gasteiger partial charge in [-0.3, -0.25) is 4.90 Å². The van der Waals surface area contributed by atoms with E-state index in [0.717, 1.165) is 10.6 Å². The van der Waals surface area contributed by atoms with Gasteiger partial charge in [-0.05, 0) is 0 Å². The minimum absolute atomic E-state index is 0.0185. The van der Waals surface area contributed by atoms with Crippen LogP contribution in [0.4, 0.5) is 11.4 Å². The Labute approximate surface area is 99.7 Å². The molecular formula is C11H17N3O3+2. The summed E-state index contributed by atoms with van der Waals surface area (Å²) in [5, 5.41) is 26.7. The lowest BCUT2D eigenvalue weighted by Gasteiger charge is -2.18. The molecule has 0 bridgehead atoms. The van der Waals surface area contributed by atoms with Crippen molar-refractivity contribution in [2.75, 3.05) is 33.4 Å². The minimum atomic E-state index is 0.0185. The zero-order chi connectivity index (χ0) is 12.7. The van der Waals surface area contributed by atoms with Gasteiger partial charge in [0.15, 0.2) is 16.4 Å². The standard InChI is InChI=1S/C11H16N3O3/c1-17-11-8-9(13-12)2-3-10(11)14(4-6-15)5-7-16/h2-3,8,15-16H,4-7H2,1H3/q+1/p+1. The van der Waals surface area contributed by atoms with Gasteiger partial charge in [0.1, 0.15) is 13.1 Å². The van der Waals surface area contributed by atoms with Crippen molar-refractivity contribution in [3.05, 3.63) is 23.2 Å². The van der Waals surface area contributed by atoms with E-state index in [4.69, 9.17) is 20.3 Å². The van der Waals surface area contributed by atoms with Crippen LogP contribution < -0.4 is 9.64 Å². The Hall–Kier alpha value is -1.68. The molecule has 0 atom stereocenters. The zero-order valence-electron chi connectivity index (χ0n) is 9.76. The summed E-state index contributed by atoms with van der Waals surface area (Å²) in [6.45, 7) is 0.994. The van der Waals surface area contributed by atoms with Crippen molar-refractivity contribution < 1.29 is 19.8 Å². The van der Waals surface area contributed by atoms with E-state index < -0.39 is 0 Å². The highest BCUT2D eigenvalue weighted by atomic mass is 16.5. The predicted octanol–water partition coefficient (Wildman–Crippen LogP) is -0.319. The molecule has 0 amide bonds. The van der Waals surface area contributed by atoms with Crippen LogP contribution in [0.3, 0.4) is 0 Å². The summed E-state index contributed by atoms with van der Waals surface area (Å²) in [7, 11) is 1.52. The number of aliphatic hydroxyl groups is 2. The second-order valence-corrected chi connectivity index (χ2v) is 3.54. The van der Waals surface area contributed by atoms with Gasteiger partial charge < -0.3 is 14.9 Å². The van der Waals surface area contributed by atoms with Gasteiger partial charge in [-0.25, -0.2) is 0 Å². The van der Waals surface area contributed by atoms with Crippen molar-refractivity contribution in [1.29, 1.82) is 5.39 Å². The van der Waals surface area contributed by atoms with Gasteiger partial charge in [-0.2, -0.15) is 0 Å². The summed E-state index contributed by atoms with van der Waals surface area (Å²) in [5.74, 6) is 0.567. The number of hydrogen-bond donors (Lipinski definition) is 3. The number of rotatable bonds is 6. The number of diazo groups is 1. The lowest BCUT2D eigenvalue weighted by molar-refractivity contribution is -0.834. The van der Waals surface area contributed by atoms with Crippen LogP contribution in [0, 0.1) is 5.39 Å². The van der Waals surface area contributed by atoms with Crippen LogP contribution in [-0.2, 0) is 0 Å².